The Morgan fingerprint density at radius 1 is 0.654 bits per heavy atom. The summed E-state index contributed by atoms with van der Waals surface area (Å²) in [5.74, 6) is 2.27. The van der Waals surface area contributed by atoms with Crippen LogP contribution in [0.1, 0.15) is 34.2 Å². The molecule has 0 radical (unpaired) electrons. The molecule has 1 unspecified atom stereocenters. The predicted octanol–water partition coefficient (Wildman–Crippen LogP) is 8.12. The Morgan fingerprint density at radius 2 is 1.21 bits per heavy atom. The molecule has 8 rings (SSSR count). The molecular weight excluding hydrogens is 643 g/mol. The highest BCUT2D eigenvalue weighted by atomic mass is 16.3. The first kappa shape index (κ1) is 33.9. The monoisotopic (exact) mass is 679 g/mol. The van der Waals surface area contributed by atoms with Gasteiger partial charge >= 0.3 is 0 Å². The van der Waals surface area contributed by atoms with Gasteiger partial charge in [0.05, 0.1) is 41.8 Å². The molecule has 4 aromatic carbocycles. The number of aromatic nitrogens is 4. The van der Waals surface area contributed by atoms with Gasteiger partial charge in [-0.25, -0.2) is 9.97 Å². The van der Waals surface area contributed by atoms with Gasteiger partial charge in [0.2, 0.25) is 0 Å². The first-order chi connectivity index (χ1) is 25.6. The number of rotatable bonds is 10. The maximum absolute atomic E-state index is 12.9. The minimum absolute atomic E-state index is 0.116. The van der Waals surface area contributed by atoms with Crippen molar-refractivity contribution in [1.82, 2.24) is 24.1 Å². The van der Waals surface area contributed by atoms with Crippen LogP contribution in [0.3, 0.4) is 0 Å². The Kier molecular flexibility index (Phi) is 10.4. The molecule has 0 saturated carbocycles. The second-order valence-corrected chi connectivity index (χ2v) is 12.4. The van der Waals surface area contributed by atoms with Gasteiger partial charge in [0.15, 0.2) is 11.9 Å². The molecule has 0 saturated heterocycles. The molecule has 254 valence electrons. The Balaban J connectivity index is 0.000000164. The van der Waals surface area contributed by atoms with Crippen LogP contribution in [-0.2, 0) is 24.3 Å². The van der Waals surface area contributed by atoms with Crippen LogP contribution >= 0.6 is 0 Å². The first-order valence-corrected chi connectivity index (χ1v) is 17.1. The van der Waals surface area contributed by atoms with Gasteiger partial charge in [0, 0.05) is 41.9 Å². The van der Waals surface area contributed by atoms with Crippen LogP contribution in [0.25, 0.3) is 33.3 Å². The molecule has 0 bridgehead atoms. The van der Waals surface area contributed by atoms with Crippen LogP contribution in [0.5, 0.6) is 0 Å². The number of pyridine rings is 2. The quantitative estimate of drug-likeness (QED) is 0.143. The van der Waals surface area contributed by atoms with Crippen molar-refractivity contribution in [2.24, 2.45) is 0 Å². The lowest BCUT2D eigenvalue weighted by molar-refractivity contribution is -0.126. The number of aliphatic hydroxyl groups is 1. The molecule has 0 amide bonds. The first-order valence-electron chi connectivity index (χ1n) is 17.1. The smallest absolute Gasteiger partial charge is 0.171 e. The van der Waals surface area contributed by atoms with E-state index in [-0.39, 0.29) is 12.2 Å². The lowest BCUT2D eigenvalue weighted by Crippen LogP contribution is -2.18. The van der Waals surface area contributed by atoms with Crippen molar-refractivity contribution in [3.8, 4) is 34.6 Å². The Labute approximate surface area is 302 Å². The molecule has 0 fully saturated rings. The number of nitrogens with zero attached hydrogens (tertiary/aromatic N) is 4. The van der Waals surface area contributed by atoms with Crippen LogP contribution in [0.15, 0.2) is 165 Å². The standard InChI is InChI=1S/C24H18N2O2.C21H19N3/c1-2-17-8-10-18(11-9-17)14-22(27)24(28)23-21(19-6-4-3-5-7-19)13-12-20-15-25-16-26(20)23;1-3-7-17(8-4-1)13-22-15-21-20(18-9-5-2-6-10-18)12-11-19-14-23-16-24(19)21/h1,3-13,15-16,24,28H,14H2;1-12,14,16,22H,13,15H2. The van der Waals surface area contributed by atoms with E-state index in [0.29, 0.717) is 5.69 Å². The molecule has 52 heavy (non-hydrogen) atoms. The van der Waals surface area contributed by atoms with Crippen LogP contribution in [0, 0.1) is 12.3 Å². The number of Topliss-reactive ketones (excluding diaryl/α,β-unsaturated/α-hetero) is 1. The van der Waals surface area contributed by atoms with E-state index in [1.807, 2.05) is 79.3 Å². The largest absolute Gasteiger partial charge is 0.379 e. The van der Waals surface area contributed by atoms with E-state index >= 15 is 0 Å². The van der Waals surface area contributed by atoms with E-state index in [2.05, 4.69) is 86.3 Å². The summed E-state index contributed by atoms with van der Waals surface area (Å²) in [6, 6.07) is 46.0. The summed E-state index contributed by atoms with van der Waals surface area (Å²) < 4.78 is 3.94. The zero-order chi connectivity index (χ0) is 35.7. The Hall–Kier alpha value is -6.59. The zero-order valence-corrected chi connectivity index (χ0v) is 28.5. The maximum atomic E-state index is 12.9. The summed E-state index contributed by atoms with van der Waals surface area (Å²) in [7, 11) is 0. The molecule has 8 aromatic rings. The van der Waals surface area contributed by atoms with Crippen molar-refractivity contribution in [3.05, 3.63) is 193 Å². The Bertz CT molecular complexity index is 2450. The SMILES string of the molecule is C#Cc1ccc(CC(=O)C(O)c2c(-c3ccccc3)ccc3cncn23)cc1.c1ccc(CNCc2c(-c3ccccc3)ccc3cncn23)cc1. The fraction of sp³-hybridized carbons (Fsp3) is 0.0889. The van der Waals surface area contributed by atoms with E-state index in [9.17, 15) is 9.90 Å². The normalized spacial score (nSPS) is 11.5. The van der Waals surface area contributed by atoms with Gasteiger partial charge in [-0.1, -0.05) is 121 Å². The van der Waals surface area contributed by atoms with E-state index in [4.69, 9.17) is 6.42 Å². The third-order valence-corrected chi connectivity index (χ3v) is 9.01. The molecule has 1 atom stereocenters. The minimum atomic E-state index is -1.28. The molecule has 2 N–H and O–H groups in total. The number of ketones is 1. The number of hydrogen-bond donors (Lipinski definition) is 2. The summed E-state index contributed by atoms with van der Waals surface area (Å²) in [6.45, 7) is 1.63. The van der Waals surface area contributed by atoms with Gasteiger partial charge in [-0.15, -0.1) is 6.42 Å². The van der Waals surface area contributed by atoms with Crippen LogP contribution in [-0.4, -0.2) is 29.7 Å². The number of aliphatic hydroxyl groups excluding tert-OH is 1. The van der Waals surface area contributed by atoms with Gasteiger partial charge in [0.1, 0.15) is 0 Å². The Morgan fingerprint density at radius 3 is 1.85 bits per heavy atom. The molecule has 0 aliphatic carbocycles. The van der Waals surface area contributed by atoms with Crippen molar-refractivity contribution < 1.29 is 9.90 Å². The molecule has 0 spiro atoms. The average Bonchev–Trinajstić information content (AvgIpc) is 3.89. The van der Waals surface area contributed by atoms with Crippen molar-refractivity contribution >= 4 is 16.8 Å². The van der Waals surface area contributed by atoms with Gasteiger partial charge in [0.25, 0.3) is 0 Å². The number of carbonyl (C=O) groups is 1. The van der Waals surface area contributed by atoms with E-state index in [1.54, 1.807) is 29.1 Å². The fourth-order valence-corrected chi connectivity index (χ4v) is 6.35. The molecule has 0 aliphatic heterocycles. The zero-order valence-electron chi connectivity index (χ0n) is 28.5. The topological polar surface area (TPSA) is 83.9 Å². The summed E-state index contributed by atoms with van der Waals surface area (Å²) in [5.41, 5.74) is 10.7. The van der Waals surface area contributed by atoms with E-state index in [1.165, 1.54) is 22.4 Å². The van der Waals surface area contributed by atoms with Gasteiger partial charge in [-0.2, -0.15) is 0 Å². The highest BCUT2D eigenvalue weighted by Crippen LogP contribution is 2.31. The third kappa shape index (κ3) is 7.59. The number of terminal acetylenes is 1. The predicted molar refractivity (Wildman–Crippen MR) is 206 cm³/mol. The van der Waals surface area contributed by atoms with Crippen molar-refractivity contribution in [2.75, 3.05) is 0 Å². The van der Waals surface area contributed by atoms with Gasteiger partial charge in [-0.05, 0) is 46.5 Å². The molecule has 4 aromatic heterocycles. The van der Waals surface area contributed by atoms with Gasteiger partial charge in [-0.3, -0.25) is 9.20 Å². The van der Waals surface area contributed by atoms with E-state index in [0.717, 1.165) is 46.4 Å². The highest BCUT2D eigenvalue weighted by molar-refractivity contribution is 5.88. The molecule has 7 nitrogen and oxygen atoms in total. The summed E-state index contributed by atoms with van der Waals surface area (Å²) in [6.07, 6.45) is 11.3. The lowest BCUT2D eigenvalue weighted by atomic mass is 9.96. The summed E-state index contributed by atoms with van der Waals surface area (Å²) in [5, 5.41) is 14.5. The van der Waals surface area contributed by atoms with Crippen LogP contribution < -0.4 is 5.32 Å². The molecule has 7 heteroatoms. The van der Waals surface area contributed by atoms with Gasteiger partial charge < -0.3 is 14.8 Å². The molecule has 4 heterocycles. The van der Waals surface area contributed by atoms with E-state index < -0.39 is 6.10 Å². The van der Waals surface area contributed by atoms with Crippen LogP contribution in [0.2, 0.25) is 0 Å². The molecular formula is C45H37N5O2. The second-order valence-electron chi connectivity index (χ2n) is 12.4. The van der Waals surface area contributed by atoms with Crippen molar-refractivity contribution in [2.45, 2.75) is 25.6 Å². The van der Waals surface area contributed by atoms with Crippen LogP contribution in [0.4, 0.5) is 0 Å². The average molecular weight is 680 g/mol. The number of hydrogen-bond acceptors (Lipinski definition) is 5. The lowest BCUT2D eigenvalue weighted by Gasteiger charge is -2.17. The minimum Gasteiger partial charge on any atom is -0.379 e. The summed E-state index contributed by atoms with van der Waals surface area (Å²) >= 11 is 0. The highest BCUT2D eigenvalue weighted by Gasteiger charge is 2.24. The number of imidazole rings is 2. The number of nitrogens with one attached hydrogen (secondary N) is 1. The number of fused-ring (bicyclic) bond motifs is 2. The number of carbonyl (C=O) groups excluding carboxylic acids is 1. The maximum Gasteiger partial charge on any atom is 0.171 e. The summed E-state index contributed by atoms with van der Waals surface area (Å²) in [4.78, 5) is 21.4. The fourth-order valence-electron chi connectivity index (χ4n) is 6.35. The molecule has 0 aliphatic rings. The second kappa shape index (κ2) is 16.0. The van der Waals surface area contributed by atoms with Crippen molar-refractivity contribution in [3.63, 3.8) is 0 Å². The third-order valence-electron chi connectivity index (χ3n) is 9.01. The van der Waals surface area contributed by atoms with Crippen molar-refractivity contribution in [1.29, 1.82) is 0 Å². The number of benzene rings is 4.